The largest absolute Gasteiger partial charge is 0.495 e. The number of hydrogen-bond acceptors (Lipinski definition) is 8. The summed E-state index contributed by atoms with van der Waals surface area (Å²) in [7, 11) is 7.84. The molecule has 0 bridgehead atoms. The van der Waals surface area contributed by atoms with Crippen LogP contribution in [0.4, 0.5) is 11.6 Å². The molecule has 4 heterocycles. The molecule has 0 spiro atoms. The Kier molecular flexibility index (Phi) is 7.83. The number of ether oxygens (including phenoxy) is 1. The summed E-state index contributed by atoms with van der Waals surface area (Å²) >= 11 is 1.65. The molecule has 2 fully saturated rings. The number of methoxy groups -OCH3 is 1. The van der Waals surface area contributed by atoms with E-state index < -0.39 is 0 Å². The van der Waals surface area contributed by atoms with Gasteiger partial charge in [-0.2, -0.15) is 4.98 Å². The monoisotopic (exact) mass is 574 g/mol. The van der Waals surface area contributed by atoms with Crippen LogP contribution in [0.3, 0.4) is 0 Å². The Bertz CT molecular complexity index is 1610. The molecule has 0 aliphatic carbocycles. The zero-order valence-corrected chi connectivity index (χ0v) is 25.0. The second-order valence-corrected chi connectivity index (χ2v) is 12.1. The fourth-order valence-electron chi connectivity index (χ4n) is 5.87. The van der Waals surface area contributed by atoms with Crippen molar-refractivity contribution in [2.24, 2.45) is 14.1 Å². The lowest BCUT2D eigenvalue weighted by molar-refractivity contribution is 0.0518. The molecule has 41 heavy (non-hydrogen) atoms. The van der Waals surface area contributed by atoms with Crippen LogP contribution in [-0.2, 0) is 14.1 Å². The van der Waals surface area contributed by atoms with Crippen LogP contribution in [-0.4, -0.2) is 98.6 Å². The number of anilines is 2. The summed E-state index contributed by atoms with van der Waals surface area (Å²) in [6.07, 6.45) is 3.87. The van der Waals surface area contributed by atoms with Gasteiger partial charge >= 0.3 is 0 Å². The first kappa shape index (κ1) is 27.5. The van der Waals surface area contributed by atoms with Gasteiger partial charge in [0.25, 0.3) is 5.91 Å². The molecule has 0 atom stereocenters. The molecule has 1 N–H and O–H groups in total. The second kappa shape index (κ2) is 11.7. The van der Waals surface area contributed by atoms with Crippen LogP contribution in [0.5, 0.6) is 5.75 Å². The van der Waals surface area contributed by atoms with Crippen molar-refractivity contribution in [3.05, 3.63) is 54.2 Å². The van der Waals surface area contributed by atoms with Gasteiger partial charge in [-0.05, 0) is 50.2 Å². The van der Waals surface area contributed by atoms with Gasteiger partial charge in [0.05, 0.1) is 29.2 Å². The highest BCUT2D eigenvalue weighted by molar-refractivity contribution is 7.13. The van der Waals surface area contributed by atoms with Gasteiger partial charge in [-0.25, -0.2) is 4.98 Å². The van der Waals surface area contributed by atoms with E-state index in [2.05, 4.69) is 47.8 Å². The number of aromatic nitrogens is 4. The molecular weight excluding hydrogens is 536 g/mol. The van der Waals surface area contributed by atoms with E-state index in [0.29, 0.717) is 29.0 Å². The smallest absolute Gasteiger partial charge is 0.253 e. The summed E-state index contributed by atoms with van der Waals surface area (Å²) in [6, 6.07) is 14.4. The highest BCUT2D eigenvalue weighted by atomic mass is 32.1. The Labute approximate surface area is 244 Å². The molecule has 2 aliphatic heterocycles. The van der Waals surface area contributed by atoms with Gasteiger partial charge in [-0.1, -0.05) is 23.7 Å². The minimum absolute atomic E-state index is 0.0498. The van der Waals surface area contributed by atoms with E-state index in [4.69, 9.17) is 9.72 Å². The lowest BCUT2D eigenvalue weighted by Gasteiger charge is -2.42. The SMILES string of the molecule is COc1cc(C(=O)N2CCC(N3CCN(C)CC3)CC2)ccc1Nc1ncc2c(n1)n(C)c1ccccc1sn2C. The van der Waals surface area contributed by atoms with Crippen LogP contribution in [0.2, 0.25) is 0 Å². The molecule has 2 saturated heterocycles. The maximum atomic E-state index is 13.4. The van der Waals surface area contributed by atoms with E-state index in [1.807, 2.05) is 55.5 Å². The van der Waals surface area contributed by atoms with Crippen molar-refractivity contribution >= 4 is 50.5 Å². The molecule has 0 unspecified atom stereocenters. The predicted octanol–water partition coefficient (Wildman–Crippen LogP) is 4.25. The zero-order valence-electron chi connectivity index (χ0n) is 24.2. The number of para-hydroxylation sites is 1. The molecule has 0 saturated carbocycles. The molecule has 2 aromatic carbocycles. The molecular formula is C30H38N8O2S. The number of nitrogens with zero attached hydrogens (tertiary/aromatic N) is 7. The van der Waals surface area contributed by atoms with Crippen LogP contribution in [0.15, 0.2) is 48.7 Å². The Balaban J connectivity index is 1.19. The highest BCUT2D eigenvalue weighted by Crippen LogP contribution is 2.30. The number of fused-ring (bicyclic) bond motifs is 2. The van der Waals surface area contributed by atoms with Gasteiger partial charge in [0.15, 0.2) is 5.65 Å². The highest BCUT2D eigenvalue weighted by Gasteiger charge is 2.29. The third-order valence-corrected chi connectivity index (χ3v) is 9.38. The zero-order chi connectivity index (χ0) is 28.5. The number of carbonyl (C=O) groups excluding carboxylic acids is 1. The molecule has 2 aromatic heterocycles. The van der Waals surface area contributed by atoms with Crippen molar-refractivity contribution in [2.75, 3.05) is 58.7 Å². The first-order chi connectivity index (χ1) is 19.9. The Hall–Kier alpha value is -3.67. The normalized spacial score (nSPS) is 17.2. The van der Waals surface area contributed by atoms with Crippen molar-refractivity contribution in [3.8, 4) is 5.75 Å². The van der Waals surface area contributed by atoms with Crippen LogP contribution < -0.4 is 10.1 Å². The number of likely N-dealkylation sites (N-methyl/N-ethyl adjacent to an activating group) is 1. The number of aryl methyl sites for hydroxylation is 2. The molecule has 216 valence electrons. The van der Waals surface area contributed by atoms with Gasteiger partial charge in [0.1, 0.15) is 11.3 Å². The predicted molar refractivity (Wildman–Crippen MR) is 165 cm³/mol. The number of likely N-dealkylation sites (tertiary alicyclic amines) is 1. The van der Waals surface area contributed by atoms with Crippen LogP contribution in [0, 0.1) is 0 Å². The van der Waals surface area contributed by atoms with E-state index >= 15 is 0 Å². The number of hydrogen-bond donors (Lipinski definition) is 1. The Morgan fingerprint density at radius 3 is 2.49 bits per heavy atom. The number of amides is 1. The first-order valence-corrected chi connectivity index (χ1v) is 15.0. The quantitative estimate of drug-likeness (QED) is 0.382. The van der Waals surface area contributed by atoms with E-state index in [1.165, 1.54) is 0 Å². The number of carbonyl (C=O) groups is 1. The molecule has 0 radical (unpaired) electrons. The summed E-state index contributed by atoms with van der Waals surface area (Å²) < 4.78 is 11.0. The molecule has 2 aliphatic rings. The number of benzene rings is 2. The standard InChI is InChI=1S/C30H38N8O2S/c1-34-15-17-37(18-16-34)22-11-13-38(14-12-22)29(39)21-9-10-23(26(19-21)40-4)32-30-31-20-25-28(33-30)35(2)24-7-5-6-8-27(24)41-36(25)3/h5-10,19-20,22H,11-18H2,1-4H3,(H,31,32,33). The van der Waals surface area contributed by atoms with E-state index in [1.54, 1.807) is 18.6 Å². The molecule has 6 rings (SSSR count). The fourth-order valence-corrected chi connectivity index (χ4v) is 6.83. The Morgan fingerprint density at radius 1 is 0.976 bits per heavy atom. The van der Waals surface area contributed by atoms with Crippen molar-refractivity contribution in [1.29, 1.82) is 0 Å². The summed E-state index contributed by atoms with van der Waals surface area (Å²) in [5, 5.41) is 3.31. The molecule has 1 amide bonds. The maximum absolute atomic E-state index is 13.4. The summed E-state index contributed by atoms with van der Waals surface area (Å²) in [6.45, 7) is 6.05. The number of piperazine rings is 1. The minimum atomic E-state index is 0.0498. The number of nitrogens with one attached hydrogen (secondary N) is 1. The average Bonchev–Trinajstić information content (AvgIpc) is 3.11. The van der Waals surface area contributed by atoms with E-state index in [0.717, 1.165) is 73.5 Å². The van der Waals surface area contributed by atoms with Crippen molar-refractivity contribution in [1.82, 2.24) is 33.2 Å². The number of rotatable bonds is 5. The van der Waals surface area contributed by atoms with E-state index in [9.17, 15) is 4.79 Å². The van der Waals surface area contributed by atoms with Gasteiger partial charge in [-0.15, -0.1) is 0 Å². The molecule has 4 aromatic rings. The average molecular weight is 575 g/mol. The minimum Gasteiger partial charge on any atom is -0.495 e. The van der Waals surface area contributed by atoms with Crippen molar-refractivity contribution < 1.29 is 9.53 Å². The second-order valence-electron chi connectivity index (χ2n) is 10.9. The first-order valence-electron chi connectivity index (χ1n) is 14.2. The molecule has 11 heteroatoms. The van der Waals surface area contributed by atoms with E-state index in [-0.39, 0.29) is 5.91 Å². The summed E-state index contributed by atoms with van der Waals surface area (Å²) in [4.78, 5) is 29.8. The van der Waals surface area contributed by atoms with Gasteiger partial charge in [0, 0.05) is 65.0 Å². The third kappa shape index (κ3) is 5.61. The lowest BCUT2D eigenvalue weighted by Crippen LogP contribution is -2.52. The lowest BCUT2D eigenvalue weighted by atomic mass is 10.0. The molecule has 10 nitrogen and oxygen atoms in total. The Morgan fingerprint density at radius 2 is 1.73 bits per heavy atom. The van der Waals surface area contributed by atoms with Crippen molar-refractivity contribution in [2.45, 2.75) is 18.9 Å². The van der Waals surface area contributed by atoms with Crippen LogP contribution in [0.25, 0.3) is 21.4 Å². The van der Waals surface area contributed by atoms with Gasteiger partial charge < -0.3 is 24.4 Å². The van der Waals surface area contributed by atoms with Crippen LogP contribution >= 0.6 is 11.5 Å². The maximum Gasteiger partial charge on any atom is 0.253 e. The number of piperidine rings is 1. The topological polar surface area (TPSA) is 83.7 Å². The van der Waals surface area contributed by atoms with Crippen LogP contribution in [0.1, 0.15) is 23.2 Å². The summed E-state index contributed by atoms with van der Waals surface area (Å²) in [5.74, 6) is 1.08. The van der Waals surface area contributed by atoms with Crippen molar-refractivity contribution in [3.63, 3.8) is 0 Å². The van der Waals surface area contributed by atoms with Gasteiger partial charge in [0.2, 0.25) is 5.95 Å². The fraction of sp³-hybridized carbons (Fsp3) is 0.433. The van der Waals surface area contributed by atoms with Gasteiger partial charge in [-0.3, -0.25) is 13.7 Å². The summed E-state index contributed by atoms with van der Waals surface area (Å²) in [5.41, 5.74) is 4.14. The third-order valence-electron chi connectivity index (χ3n) is 8.37.